The van der Waals surface area contributed by atoms with Gasteiger partial charge in [-0.3, -0.25) is 0 Å². The molecule has 1 aromatic rings. The van der Waals surface area contributed by atoms with Crippen molar-refractivity contribution in [2.75, 3.05) is 26.3 Å². The topological polar surface area (TPSA) is 30.5 Å². The second kappa shape index (κ2) is 8.64. The summed E-state index contributed by atoms with van der Waals surface area (Å²) in [6.07, 6.45) is -2.52. The molecule has 7 heteroatoms. The van der Waals surface area contributed by atoms with Gasteiger partial charge in [0.2, 0.25) is 0 Å². The Morgan fingerprint density at radius 1 is 1.13 bits per heavy atom. The Bertz CT molecular complexity index is 503. The van der Waals surface area contributed by atoms with E-state index in [1.165, 1.54) is 6.07 Å². The fourth-order valence-corrected chi connectivity index (χ4v) is 2.79. The molecule has 1 fully saturated rings. The van der Waals surface area contributed by atoms with E-state index >= 15 is 0 Å². The Morgan fingerprint density at radius 2 is 1.78 bits per heavy atom. The average Bonchev–Trinajstić information content (AvgIpc) is 2.48. The highest BCUT2D eigenvalue weighted by molar-refractivity contribution is 5.85. The van der Waals surface area contributed by atoms with E-state index in [0.717, 1.165) is 37.6 Å². The summed E-state index contributed by atoms with van der Waals surface area (Å²) in [6, 6.07) is 2.59. The monoisotopic (exact) mass is 353 g/mol. The predicted octanol–water partition coefficient (Wildman–Crippen LogP) is 4.39. The van der Waals surface area contributed by atoms with Crippen LogP contribution in [0.25, 0.3) is 0 Å². The van der Waals surface area contributed by atoms with Gasteiger partial charge in [0.15, 0.2) is 0 Å². The number of ether oxygens (including phenoxy) is 2. The predicted molar refractivity (Wildman–Crippen MR) is 85.9 cm³/mol. The normalized spacial score (nSPS) is 18.2. The lowest BCUT2D eigenvalue weighted by molar-refractivity contribution is -0.139. The highest BCUT2D eigenvalue weighted by atomic mass is 35.5. The third-order valence-electron chi connectivity index (χ3n) is 3.75. The molecule has 0 aromatic heterocycles. The molecule has 1 aromatic carbocycles. The van der Waals surface area contributed by atoms with Gasteiger partial charge in [-0.05, 0) is 45.4 Å². The van der Waals surface area contributed by atoms with E-state index in [1.807, 2.05) is 0 Å². The summed E-state index contributed by atoms with van der Waals surface area (Å²) in [5, 5.41) is 3.28. The quantitative estimate of drug-likeness (QED) is 0.851. The fourth-order valence-electron chi connectivity index (χ4n) is 2.79. The Labute approximate surface area is 141 Å². The van der Waals surface area contributed by atoms with Gasteiger partial charge in [-0.2, -0.15) is 13.2 Å². The first-order valence-corrected chi connectivity index (χ1v) is 7.68. The first-order chi connectivity index (χ1) is 10.5. The molecular formula is C16H23ClF3NO2. The van der Waals surface area contributed by atoms with Crippen molar-refractivity contribution in [3.05, 3.63) is 23.3 Å². The van der Waals surface area contributed by atoms with Crippen LogP contribution in [0.3, 0.4) is 0 Å². The van der Waals surface area contributed by atoms with Crippen LogP contribution in [-0.4, -0.2) is 26.3 Å². The van der Waals surface area contributed by atoms with Crippen molar-refractivity contribution in [1.29, 1.82) is 0 Å². The van der Waals surface area contributed by atoms with Crippen LogP contribution in [0, 0.1) is 0 Å². The average molecular weight is 354 g/mol. The molecule has 132 valence electrons. The van der Waals surface area contributed by atoms with Crippen molar-refractivity contribution in [3.8, 4) is 11.5 Å². The lowest BCUT2D eigenvalue weighted by Gasteiger charge is -2.26. The highest BCUT2D eigenvalue weighted by Gasteiger charge is 2.36. The second-order valence-electron chi connectivity index (χ2n) is 5.29. The highest BCUT2D eigenvalue weighted by Crippen LogP contribution is 2.43. The van der Waals surface area contributed by atoms with Gasteiger partial charge in [0.05, 0.1) is 13.2 Å². The zero-order valence-corrected chi connectivity index (χ0v) is 14.1. The van der Waals surface area contributed by atoms with Crippen molar-refractivity contribution in [1.82, 2.24) is 5.32 Å². The summed E-state index contributed by atoms with van der Waals surface area (Å²) >= 11 is 0. The molecule has 1 unspecified atom stereocenters. The van der Waals surface area contributed by atoms with E-state index in [9.17, 15) is 13.2 Å². The molecule has 0 saturated carbocycles. The number of alkyl halides is 3. The first-order valence-electron chi connectivity index (χ1n) is 7.68. The fraction of sp³-hybridized carbons (Fsp3) is 0.625. The smallest absolute Gasteiger partial charge is 0.420 e. The van der Waals surface area contributed by atoms with Crippen LogP contribution in [0.15, 0.2) is 12.1 Å². The molecule has 23 heavy (non-hydrogen) atoms. The van der Waals surface area contributed by atoms with Gasteiger partial charge in [0.25, 0.3) is 0 Å². The van der Waals surface area contributed by atoms with Gasteiger partial charge in [-0.1, -0.05) is 0 Å². The SMILES string of the molecule is CCOc1cc(C(F)(F)F)c(OCC)cc1C1CCCNC1.Cl. The molecule has 2 rings (SSSR count). The molecule has 0 amide bonds. The summed E-state index contributed by atoms with van der Waals surface area (Å²) in [7, 11) is 0. The van der Waals surface area contributed by atoms with Gasteiger partial charge in [0, 0.05) is 18.0 Å². The van der Waals surface area contributed by atoms with Gasteiger partial charge in [-0.15, -0.1) is 12.4 Å². The van der Waals surface area contributed by atoms with Crippen LogP contribution in [0.2, 0.25) is 0 Å². The summed E-state index contributed by atoms with van der Waals surface area (Å²) in [6.45, 7) is 5.67. The molecule has 0 bridgehead atoms. The number of hydrogen-bond acceptors (Lipinski definition) is 3. The van der Waals surface area contributed by atoms with Crippen LogP contribution in [-0.2, 0) is 6.18 Å². The Morgan fingerprint density at radius 3 is 2.30 bits per heavy atom. The maximum absolute atomic E-state index is 13.2. The molecular weight excluding hydrogens is 331 g/mol. The molecule has 1 saturated heterocycles. The van der Waals surface area contributed by atoms with E-state index in [4.69, 9.17) is 9.47 Å². The number of halogens is 4. The molecule has 0 spiro atoms. The van der Waals surface area contributed by atoms with Crippen LogP contribution in [0.4, 0.5) is 13.2 Å². The maximum atomic E-state index is 13.2. The number of piperidine rings is 1. The number of benzene rings is 1. The zero-order valence-electron chi connectivity index (χ0n) is 13.3. The molecule has 0 radical (unpaired) electrons. The van der Waals surface area contributed by atoms with Crippen molar-refractivity contribution in [2.24, 2.45) is 0 Å². The van der Waals surface area contributed by atoms with E-state index in [0.29, 0.717) is 12.4 Å². The van der Waals surface area contributed by atoms with Gasteiger partial charge in [-0.25, -0.2) is 0 Å². The van der Waals surface area contributed by atoms with Crippen LogP contribution in [0.5, 0.6) is 11.5 Å². The standard InChI is InChI=1S/C16H22F3NO2.ClH/c1-3-21-14-9-13(16(17,18)19)15(22-4-2)8-12(14)11-6-5-7-20-10-11;/h8-9,11,20H,3-7,10H2,1-2H3;1H. The number of hydrogen-bond donors (Lipinski definition) is 1. The van der Waals surface area contributed by atoms with E-state index < -0.39 is 11.7 Å². The van der Waals surface area contributed by atoms with Crippen LogP contribution >= 0.6 is 12.4 Å². The lowest BCUT2D eigenvalue weighted by Crippen LogP contribution is -2.28. The second-order valence-corrected chi connectivity index (χ2v) is 5.29. The van der Waals surface area contributed by atoms with Crippen molar-refractivity contribution < 1.29 is 22.6 Å². The summed E-state index contributed by atoms with van der Waals surface area (Å²) in [4.78, 5) is 0. The van der Waals surface area contributed by atoms with Gasteiger partial charge >= 0.3 is 6.18 Å². The van der Waals surface area contributed by atoms with Crippen LogP contribution in [0.1, 0.15) is 43.7 Å². The molecule has 0 aliphatic carbocycles. The maximum Gasteiger partial charge on any atom is 0.420 e. The summed E-state index contributed by atoms with van der Waals surface area (Å²) in [5.74, 6) is 0.350. The van der Waals surface area contributed by atoms with Gasteiger partial charge in [0.1, 0.15) is 17.1 Å². The third-order valence-corrected chi connectivity index (χ3v) is 3.75. The Hall–Kier alpha value is -1.14. The largest absolute Gasteiger partial charge is 0.494 e. The number of nitrogens with one attached hydrogen (secondary N) is 1. The van der Waals surface area contributed by atoms with Crippen LogP contribution < -0.4 is 14.8 Å². The van der Waals surface area contributed by atoms with Gasteiger partial charge < -0.3 is 14.8 Å². The number of rotatable bonds is 5. The Balaban J connectivity index is 0.00000264. The van der Waals surface area contributed by atoms with Crippen molar-refractivity contribution in [3.63, 3.8) is 0 Å². The van der Waals surface area contributed by atoms with Crippen molar-refractivity contribution in [2.45, 2.75) is 38.8 Å². The summed E-state index contributed by atoms with van der Waals surface area (Å²) in [5.41, 5.74) is 0.0239. The molecule has 1 aliphatic heterocycles. The first kappa shape index (κ1) is 19.9. The minimum absolute atomic E-state index is 0. The molecule has 3 nitrogen and oxygen atoms in total. The zero-order chi connectivity index (χ0) is 16.2. The van der Waals surface area contributed by atoms with Crippen molar-refractivity contribution >= 4 is 12.4 Å². The van der Waals surface area contributed by atoms with E-state index in [-0.39, 0.29) is 30.7 Å². The molecule has 1 aliphatic rings. The summed E-state index contributed by atoms with van der Waals surface area (Å²) < 4.78 is 50.4. The molecule has 1 heterocycles. The van der Waals surface area contributed by atoms with E-state index in [2.05, 4.69) is 5.32 Å². The molecule has 1 atom stereocenters. The Kier molecular flexibility index (Phi) is 7.48. The van der Waals surface area contributed by atoms with E-state index in [1.54, 1.807) is 13.8 Å². The third kappa shape index (κ3) is 4.91. The lowest BCUT2D eigenvalue weighted by atomic mass is 9.90. The minimum Gasteiger partial charge on any atom is -0.494 e. The minimum atomic E-state index is -4.46. The molecule has 1 N–H and O–H groups in total.